The molecule has 1 amide bonds. The van der Waals surface area contributed by atoms with E-state index in [4.69, 9.17) is 0 Å². The molecule has 0 radical (unpaired) electrons. The van der Waals surface area contributed by atoms with E-state index < -0.39 is 0 Å². The monoisotopic (exact) mass is 180 g/mol. The van der Waals surface area contributed by atoms with E-state index >= 15 is 0 Å². The van der Waals surface area contributed by atoms with Crippen LogP contribution in [0.1, 0.15) is 6.92 Å². The minimum Gasteiger partial charge on any atom is -0.309 e. The lowest BCUT2D eigenvalue weighted by molar-refractivity contribution is -0.115. The Balaban J connectivity index is 2.40. The molecule has 1 aliphatic rings. The number of fused-ring (bicyclic) bond motifs is 1. The van der Waals surface area contributed by atoms with Crippen molar-refractivity contribution in [3.63, 3.8) is 0 Å². The van der Waals surface area contributed by atoms with Crippen LogP contribution in [0, 0.1) is 0 Å². The molecule has 12 heavy (non-hydrogen) atoms. The number of nitrogens with one attached hydrogen (secondary N) is 1. The van der Waals surface area contributed by atoms with E-state index in [1.807, 2.05) is 19.1 Å². The first kappa shape index (κ1) is 7.61. The van der Waals surface area contributed by atoms with Crippen LogP contribution < -0.4 is 5.32 Å². The number of carbonyl (C=O) groups is 1. The Morgan fingerprint density at radius 1 is 1.67 bits per heavy atom. The van der Waals surface area contributed by atoms with E-state index in [0.717, 1.165) is 4.90 Å². The van der Waals surface area contributed by atoms with Crippen molar-refractivity contribution >= 4 is 23.5 Å². The van der Waals surface area contributed by atoms with Crippen LogP contribution in [-0.4, -0.2) is 16.1 Å². The maximum Gasteiger partial charge on any atom is 0.238 e. The van der Waals surface area contributed by atoms with Crippen molar-refractivity contribution in [3.05, 3.63) is 18.3 Å². The fourth-order valence-corrected chi connectivity index (χ4v) is 1.96. The number of amides is 1. The van der Waals surface area contributed by atoms with Crippen molar-refractivity contribution in [1.29, 1.82) is 0 Å². The van der Waals surface area contributed by atoms with Gasteiger partial charge in [-0.15, -0.1) is 11.8 Å². The van der Waals surface area contributed by atoms with Gasteiger partial charge in [-0.05, 0) is 19.1 Å². The number of thioether (sulfide) groups is 1. The maximum absolute atomic E-state index is 11.2. The molecule has 1 unspecified atom stereocenters. The van der Waals surface area contributed by atoms with Gasteiger partial charge in [0.25, 0.3) is 0 Å². The highest BCUT2D eigenvalue weighted by molar-refractivity contribution is 8.00. The van der Waals surface area contributed by atoms with Gasteiger partial charge in [0.15, 0.2) is 0 Å². The predicted octanol–water partition coefficient (Wildman–Crippen LogP) is 1.51. The van der Waals surface area contributed by atoms with Crippen LogP contribution >= 0.6 is 11.8 Å². The average Bonchev–Trinajstić information content (AvgIpc) is 2.07. The Bertz CT molecular complexity index is 327. The largest absolute Gasteiger partial charge is 0.309 e. The van der Waals surface area contributed by atoms with Gasteiger partial charge in [0.2, 0.25) is 5.91 Å². The third-order valence-corrected chi connectivity index (χ3v) is 2.84. The molecule has 3 nitrogen and oxygen atoms in total. The van der Waals surface area contributed by atoms with Gasteiger partial charge < -0.3 is 5.32 Å². The van der Waals surface area contributed by atoms with E-state index in [2.05, 4.69) is 10.3 Å². The Morgan fingerprint density at radius 3 is 3.33 bits per heavy atom. The highest BCUT2D eigenvalue weighted by atomic mass is 32.2. The molecule has 0 aromatic carbocycles. The van der Waals surface area contributed by atoms with E-state index in [0.29, 0.717) is 5.82 Å². The van der Waals surface area contributed by atoms with Crippen molar-refractivity contribution in [2.45, 2.75) is 17.1 Å². The number of hydrogen-bond acceptors (Lipinski definition) is 3. The second kappa shape index (κ2) is 2.79. The minimum atomic E-state index is -0.0123. The van der Waals surface area contributed by atoms with E-state index in [-0.39, 0.29) is 11.2 Å². The molecule has 1 atom stereocenters. The minimum absolute atomic E-state index is 0.0123. The molecule has 2 heterocycles. The van der Waals surface area contributed by atoms with Crippen LogP contribution in [-0.2, 0) is 4.79 Å². The number of pyridine rings is 1. The van der Waals surface area contributed by atoms with Crippen LogP contribution in [0.15, 0.2) is 23.2 Å². The molecule has 0 saturated heterocycles. The highest BCUT2D eigenvalue weighted by Gasteiger charge is 2.22. The van der Waals surface area contributed by atoms with E-state index in [9.17, 15) is 4.79 Å². The molecule has 62 valence electrons. The van der Waals surface area contributed by atoms with Crippen molar-refractivity contribution < 1.29 is 4.79 Å². The van der Waals surface area contributed by atoms with Crippen molar-refractivity contribution in [1.82, 2.24) is 4.98 Å². The Kier molecular flexibility index (Phi) is 1.77. The van der Waals surface area contributed by atoms with Crippen molar-refractivity contribution in [2.75, 3.05) is 5.32 Å². The maximum atomic E-state index is 11.2. The Labute approximate surface area is 74.6 Å². The molecule has 2 rings (SSSR count). The molecular weight excluding hydrogens is 172 g/mol. The summed E-state index contributed by atoms with van der Waals surface area (Å²) in [5, 5.41) is 2.73. The van der Waals surface area contributed by atoms with Crippen LogP contribution in [0.3, 0.4) is 0 Å². The quantitative estimate of drug-likeness (QED) is 0.658. The molecule has 0 spiro atoms. The molecule has 0 bridgehead atoms. The third-order valence-electron chi connectivity index (χ3n) is 1.69. The first-order valence-corrected chi connectivity index (χ1v) is 4.58. The molecule has 1 aromatic rings. The first-order chi connectivity index (χ1) is 5.77. The molecule has 0 saturated carbocycles. The van der Waals surface area contributed by atoms with Gasteiger partial charge in [-0.25, -0.2) is 4.98 Å². The Morgan fingerprint density at radius 2 is 2.50 bits per heavy atom. The molecule has 1 aromatic heterocycles. The fraction of sp³-hybridized carbons (Fsp3) is 0.250. The van der Waals surface area contributed by atoms with Crippen molar-refractivity contribution in [2.24, 2.45) is 0 Å². The topological polar surface area (TPSA) is 42.0 Å². The van der Waals surface area contributed by atoms with Gasteiger partial charge in [0, 0.05) is 6.20 Å². The standard InChI is InChI=1S/C8H8N2OS/c1-5-8(11)10-7-6(12-5)3-2-4-9-7/h2-5H,1H3,(H,9,10,11). The molecule has 4 heteroatoms. The van der Waals surface area contributed by atoms with Gasteiger partial charge >= 0.3 is 0 Å². The molecule has 0 aliphatic carbocycles. The summed E-state index contributed by atoms with van der Waals surface area (Å²) in [5.41, 5.74) is 0. The average molecular weight is 180 g/mol. The second-order valence-corrected chi connectivity index (χ2v) is 3.98. The Hall–Kier alpha value is -1.03. The fourth-order valence-electron chi connectivity index (χ4n) is 1.04. The molecule has 0 fully saturated rings. The van der Waals surface area contributed by atoms with Crippen LogP contribution in [0.5, 0.6) is 0 Å². The third kappa shape index (κ3) is 1.18. The summed E-state index contributed by atoms with van der Waals surface area (Å²) in [6.07, 6.45) is 1.68. The number of hydrogen-bond donors (Lipinski definition) is 1. The van der Waals surface area contributed by atoms with Gasteiger partial charge in [0.05, 0.1) is 10.1 Å². The zero-order valence-electron chi connectivity index (χ0n) is 6.57. The summed E-state index contributed by atoms with van der Waals surface area (Å²) in [6.45, 7) is 1.88. The van der Waals surface area contributed by atoms with Crippen LogP contribution in [0.4, 0.5) is 5.82 Å². The lowest BCUT2D eigenvalue weighted by Crippen LogP contribution is -2.26. The van der Waals surface area contributed by atoms with Crippen LogP contribution in [0.2, 0.25) is 0 Å². The smallest absolute Gasteiger partial charge is 0.238 e. The van der Waals surface area contributed by atoms with Gasteiger partial charge in [-0.2, -0.15) is 0 Å². The first-order valence-electron chi connectivity index (χ1n) is 3.70. The normalized spacial score (nSPS) is 21.4. The number of anilines is 1. The molecule has 1 N–H and O–H groups in total. The summed E-state index contributed by atoms with van der Waals surface area (Å²) in [7, 11) is 0. The number of rotatable bonds is 0. The molecule has 1 aliphatic heterocycles. The van der Waals surface area contributed by atoms with Crippen LogP contribution in [0.25, 0.3) is 0 Å². The number of carbonyl (C=O) groups excluding carboxylic acids is 1. The highest BCUT2D eigenvalue weighted by Crippen LogP contribution is 2.33. The zero-order chi connectivity index (χ0) is 8.55. The van der Waals surface area contributed by atoms with Gasteiger partial charge in [-0.3, -0.25) is 4.79 Å². The van der Waals surface area contributed by atoms with Gasteiger partial charge in [0.1, 0.15) is 5.82 Å². The lowest BCUT2D eigenvalue weighted by Gasteiger charge is -2.19. The van der Waals surface area contributed by atoms with Crippen molar-refractivity contribution in [3.8, 4) is 0 Å². The summed E-state index contributed by atoms with van der Waals surface area (Å²) >= 11 is 1.55. The summed E-state index contributed by atoms with van der Waals surface area (Å²) < 4.78 is 0. The van der Waals surface area contributed by atoms with Gasteiger partial charge in [-0.1, -0.05) is 0 Å². The second-order valence-electron chi connectivity index (χ2n) is 2.60. The molecular formula is C8H8N2OS. The summed E-state index contributed by atoms with van der Waals surface area (Å²) in [6, 6.07) is 3.83. The predicted molar refractivity (Wildman–Crippen MR) is 48.2 cm³/mol. The summed E-state index contributed by atoms with van der Waals surface area (Å²) in [4.78, 5) is 16.3. The zero-order valence-corrected chi connectivity index (χ0v) is 7.39. The number of aromatic nitrogens is 1. The lowest BCUT2D eigenvalue weighted by atomic mass is 10.4. The SMILES string of the molecule is CC1Sc2cccnc2NC1=O. The number of nitrogens with zero attached hydrogens (tertiary/aromatic N) is 1. The van der Waals surface area contributed by atoms with E-state index in [1.54, 1.807) is 18.0 Å². The van der Waals surface area contributed by atoms with E-state index in [1.165, 1.54) is 0 Å². The summed E-state index contributed by atoms with van der Waals surface area (Å²) in [5.74, 6) is 0.719.